The number of amides is 1. The van der Waals surface area contributed by atoms with Crippen LogP contribution in [0.5, 0.6) is 5.75 Å². The van der Waals surface area contributed by atoms with E-state index in [1.807, 2.05) is 42.5 Å². The van der Waals surface area contributed by atoms with Gasteiger partial charge in [0.1, 0.15) is 5.75 Å². The average molecular weight is 326 g/mol. The molecule has 0 bridgehead atoms. The molecule has 2 aromatic rings. The highest BCUT2D eigenvalue weighted by molar-refractivity contribution is 5.77. The van der Waals surface area contributed by atoms with Gasteiger partial charge in [-0.25, -0.2) is 0 Å². The zero-order valence-corrected chi connectivity index (χ0v) is 14.4. The topological polar surface area (TPSA) is 64.3 Å². The average Bonchev–Trinajstić information content (AvgIpc) is 2.61. The Kier molecular flexibility index (Phi) is 6.67. The maximum Gasteiger partial charge on any atom is 0.257 e. The minimum absolute atomic E-state index is 0.0369. The first-order chi connectivity index (χ1) is 11.6. The Morgan fingerprint density at radius 1 is 1.17 bits per heavy atom. The number of anilines is 1. The van der Waals surface area contributed by atoms with Gasteiger partial charge in [-0.05, 0) is 48.1 Å². The molecule has 0 aliphatic heterocycles. The standard InChI is InChI=1S/C20H26N2O2/c1-3-15(2)18-6-4-5-7-19(18)24-14-20(23)22-13-12-16-8-10-17(21)11-9-16/h4-11,15H,3,12-14,21H2,1-2H3,(H,22,23). The van der Waals surface area contributed by atoms with Gasteiger partial charge in [0.25, 0.3) is 5.91 Å². The van der Waals surface area contributed by atoms with Gasteiger partial charge >= 0.3 is 0 Å². The number of carbonyl (C=O) groups excluding carboxylic acids is 1. The predicted octanol–water partition coefficient (Wildman–Crippen LogP) is 3.52. The van der Waals surface area contributed by atoms with Gasteiger partial charge in [-0.3, -0.25) is 4.79 Å². The van der Waals surface area contributed by atoms with E-state index in [4.69, 9.17) is 10.5 Å². The first kappa shape index (κ1) is 17.9. The number of para-hydroxylation sites is 1. The van der Waals surface area contributed by atoms with Crippen LogP contribution in [0.4, 0.5) is 5.69 Å². The summed E-state index contributed by atoms with van der Waals surface area (Å²) in [5.41, 5.74) is 8.70. The van der Waals surface area contributed by atoms with Gasteiger partial charge < -0.3 is 15.8 Å². The normalized spacial score (nSPS) is 11.8. The lowest BCUT2D eigenvalue weighted by Gasteiger charge is -2.15. The van der Waals surface area contributed by atoms with Crippen LogP contribution in [0.2, 0.25) is 0 Å². The van der Waals surface area contributed by atoms with Gasteiger partial charge in [0.15, 0.2) is 6.61 Å². The minimum atomic E-state index is -0.107. The summed E-state index contributed by atoms with van der Waals surface area (Å²) in [5, 5.41) is 2.88. The molecule has 0 spiro atoms. The van der Waals surface area contributed by atoms with Gasteiger partial charge in [0.2, 0.25) is 0 Å². The van der Waals surface area contributed by atoms with E-state index in [0.717, 1.165) is 35.4 Å². The Hall–Kier alpha value is -2.49. The van der Waals surface area contributed by atoms with Crippen molar-refractivity contribution in [2.75, 3.05) is 18.9 Å². The zero-order valence-electron chi connectivity index (χ0n) is 14.4. The third-order valence-electron chi connectivity index (χ3n) is 4.14. The van der Waals surface area contributed by atoms with E-state index >= 15 is 0 Å². The number of benzene rings is 2. The van der Waals surface area contributed by atoms with E-state index in [9.17, 15) is 4.79 Å². The molecule has 2 rings (SSSR count). The summed E-state index contributed by atoms with van der Waals surface area (Å²) < 4.78 is 5.71. The summed E-state index contributed by atoms with van der Waals surface area (Å²) in [4.78, 5) is 12.0. The summed E-state index contributed by atoms with van der Waals surface area (Å²) in [7, 11) is 0. The first-order valence-corrected chi connectivity index (χ1v) is 8.43. The minimum Gasteiger partial charge on any atom is -0.483 e. The van der Waals surface area contributed by atoms with E-state index < -0.39 is 0 Å². The zero-order chi connectivity index (χ0) is 17.4. The van der Waals surface area contributed by atoms with Crippen LogP contribution in [0, 0.1) is 0 Å². The number of rotatable bonds is 8. The Balaban J connectivity index is 1.78. The van der Waals surface area contributed by atoms with Crippen LogP contribution in [0.1, 0.15) is 37.3 Å². The third kappa shape index (κ3) is 5.30. The summed E-state index contributed by atoms with van der Waals surface area (Å²) in [6.07, 6.45) is 1.81. The van der Waals surface area contributed by atoms with Crippen molar-refractivity contribution in [1.29, 1.82) is 0 Å². The Morgan fingerprint density at radius 2 is 1.88 bits per heavy atom. The van der Waals surface area contributed by atoms with Crippen molar-refractivity contribution in [3.05, 3.63) is 59.7 Å². The monoisotopic (exact) mass is 326 g/mol. The van der Waals surface area contributed by atoms with Crippen molar-refractivity contribution < 1.29 is 9.53 Å². The molecule has 0 aliphatic rings. The molecule has 1 amide bonds. The van der Waals surface area contributed by atoms with Crippen LogP contribution >= 0.6 is 0 Å². The van der Waals surface area contributed by atoms with E-state index in [2.05, 4.69) is 25.2 Å². The van der Waals surface area contributed by atoms with Crippen LogP contribution in [0.15, 0.2) is 48.5 Å². The Bertz CT molecular complexity index is 653. The maximum absolute atomic E-state index is 12.0. The van der Waals surface area contributed by atoms with Crippen LogP contribution < -0.4 is 15.8 Å². The number of hydrogen-bond donors (Lipinski definition) is 2. The molecule has 2 aromatic carbocycles. The Labute approximate surface area is 144 Å². The quantitative estimate of drug-likeness (QED) is 0.730. The second-order valence-electron chi connectivity index (χ2n) is 5.98. The SMILES string of the molecule is CCC(C)c1ccccc1OCC(=O)NCCc1ccc(N)cc1. The molecule has 0 radical (unpaired) electrons. The second-order valence-corrected chi connectivity index (χ2v) is 5.98. The van der Waals surface area contributed by atoms with Gasteiger partial charge in [0.05, 0.1) is 0 Å². The number of ether oxygens (including phenoxy) is 1. The molecular weight excluding hydrogens is 300 g/mol. The first-order valence-electron chi connectivity index (χ1n) is 8.43. The number of nitrogens with two attached hydrogens (primary N) is 1. The fourth-order valence-corrected chi connectivity index (χ4v) is 2.46. The summed E-state index contributed by atoms with van der Waals surface area (Å²) in [6.45, 7) is 4.93. The fourth-order valence-electron chi connectivity index (χ4n) is 2.46. The van der Waals surface area contributed by atoms with Gasteiger partial charge in [0, 0.05) is 12.2 Å². The Morgan fingerprint density at radius 3 is 2.58 bits per heavy atom. The van der Waals surface area contributed by atoms with E-state index in [1.165, 1.54) is 0 Å². The highest BCUT2D eigenvalue weighted by Crippen LogP contribution is 2.28. The summed E-state index contributed by atoms with van der Waals surface area (Å²) >= 11 is 0. The van der Waals surface area contributed by atoms with Crippen LogP contribution in [0.3, 0.4) is 0 Å². The van der Waals surface area contributed by atoms with Crippen LogP contribution in [0.25, 0.3) is 0 Å². The van der Waals surface area contributed by atoms with E-state index in [0.29, 0.717) is 12.5 Å². The van der Waals surface area contributed by atoms with Gasteiger partial charge in [-0.15, -0.1) is 0 Å². The third-order valence-corrected chi connectivity index (χ3v) is 4.14. The van der Waals surface area contributed by atoms with Crippen molar-refractivity contribution in [2.45, 2.75) is 32.6 Å². The molecule has 0 aromatic heterocycles. The van der Waals surface area contributed by atoms with Crippen molar-refractivity contribution in [3.63, 3.8) is 0 Å². The maximum atomic E-state index is 12.0. The van der Waals surface area contributed by atoms with E-state index in [-0.39, 0.29) is 12.5 Å². The van der Waals surface area contributed by atoms with Crippen molar-refractivity contribution in [3.8, 4) is 5.75 Å². The van der Waals surface area contributed by atoms with Gasteiger partial charge in [-0.2, -0.15) is 0 Å². The van der Waals surface area contributed by atoms with Crippen LogP contribution in [-0.2, 0) is 11.2 Å². The molecule has 1 unspecified atom stereocenters. The number of carbonyl (C=O) groups is 1. The second kappa shape index (κ2) is 8.96. The molecule has 0 fully saturated rings. The molecule has 0 heterocycles. The molecule has 4 nitrogen and oxygen atoms in total. The molecule has 0 saturated heterocycles. The lowest BCUT2D eigenvalue weighted by molar-refractivity contribution is -0.123. The van der Waals surface area contributed by atoms with Crippen LogP contribution in [-0.4, -0.2) is 19.1 Å². The molecule has 0 aliphatic carbocycles. The largest absolute Gasteiger partial charge is 0.483 e. The lowest BCUT2D eigenvalue weighted by atomic mass is 9.98. The van der Waals surface area contributed by atoms with Gasteiger partial charge in [-0.1, -0.05) is 44.2 Å². The lowest BCUT2D eigenvalue weighted by Crippen LogP contribution is -2.30. The smallest absolute Gasteiger partial charge is 0.257 e. The number of nitrogen functional groups attached to an aromatic ring is 1. The van der Waals surface area contributed by atoms with Crippen molar-refractivity contribution in [1.82, 2.24) is 5.32 Å². The predicted molar refractivity (Wildman–Crippen MR) is 98.2 cm³/mol. The molecule has 128 valence electrons. The molecule has 24 heavy (non-hydrogen) atoms. The fraction of sp³-hybridized carbons (Fsp3) is 0.350. The molecule has 1 atom stereocenters. The number of hydrogen-bond acceptors (Lipinski definition) is 3. The molecule has 3 N–H and O–H groups in total. The molecule has 0 saturated carbocycles. The van der Waals surface area contributed by atoms with Crippen molar-refractivity contribution in [2.24, 2.45) is 0 Å². The molecular formula is C20H26N2O2. The molecule has 4 heteroatoms. The van der Waals surface area contributed by atoms with E-state index in [1.54, 1.807) is 0 Å². The van der Waals surface area contributed by atoms with Crippen molar-refractivity contribution >= 4 is 11.6 Å². The number of nitrogens with one attached hydrogen (secondary N) is 1. The highest BCUT2D eigenvalue weighted by atomic mass is 16.5. The summed E-state index contributed by atoms with van der Waals surface area (Å²) in [6, 6.07) is 15.6. The highest BCUT2D eigenvalue weighted by Gasteiger charge is 2.10. The summed E-state index contributed by atoms with van der Waals surface area (Å²) in [5.74, 6) is 1.10.